The molecular weight excluding hydrogens is 303 g/mol. The Morgan fingerprint density at radius 3 is 2.76 bits per heavy atom. The van der Waals surface area contributed by atoms with Crippen LogP contribution in [0.5, 0.6) is 0 Å². The number of nitro groups is 1. The van der Waals surface area contributed by atoms with Crippen LogP contribution in [0.3, 0.4) is 0 Å². The monoisotopic (exact) mass is 314 g/mol. The molecule has 2 rings (SSSR count). The summed E-state index contributed by atoms with van der Waals surface area (Å²) in [5.74, 6) is -1.20. The minimum Gasteiger partial charge on any atom is -0.271 e. The Kier molecular flexibility index (Phi) is 4.29. The van der Waals surface area contributed by atoms with Crippen LogP contribution >= 0.6 is 0 Å². The number of para-hydroxylation sites is 1. The van der Waals surface area contributed by atoms with Crippen molar-refractivity contribution in [3.63, 3.8) is 0 Å². The van der Waals surface area contributed by atoms with E-state index < -0.39 is 31.3 Å². The Morgan fingerprint density at radius 1 is 1.38 bits per heavy atom. The summed E-state index contributed by atoms with van der Waals surface area (Å²) in [7, 11) is -4.18. The van der Waals surface area contributed by atoms with Crippen molar-refractivity contribution in [2.24, 2.45) is 0 Å². The fourth-order valence-electron chi connectivity index (χ4n) is 1.69. The highest BCUT2D eigenvalue weighted by atomic mass is 32.2. The first-order chi connectivity index (χ1) is 9.92. The van der Waals surface area contributed by atoms with Crippen LogP contribution in [0.25, 0.3) is 0 Å². The van der Waals surface area contributed by atoms with Crippen molar-refractivity contribution < 1.29 is 17.7 Å². The Hall–Kier alpha value is -2.33. The number of nitrogens with one attached hydrogen (secondary N) is 1. The van der Waals surface area contributed by atoms with Gasteiger partial charge >= 0.3 is 5.69 Å². The maximum absolute atomic E-state index is 13.4. The largest absolute Gasteiger partial charge is 0.324 e. The molecule has 0 spiro atoms. The van der Waals surface area contributed by atoms with E-state index in [0.29, 0.717) is 0 Å². The van der Waals surface area contributed by atoms with Gasteiger partial charge in [-0.2, -0.15) is 9.49 Å². The van der Waals surface area contributed by atoms with Crippen molar-refractivity contribution in [3.8, 4) is 0 Å². The van der Waals surface area contributed by atoms with Gasteiger partial charge in [-0.15, -0.1) is 0 Å². The van der Waals surface area contributed by atoms with Crippen molar-refractivity contribution in [1.82, 2.24) is 14.5 Å². The summed E-state index contributed by atoms with van der Waals surface area (Å²) in [6.45, 7) is 0.215. The summed E-state index contributed by atoms with van der Waals surface area (Å²) in [5, 5.41) is 14.7. The molecule has 0 aliphatic carbocycles. The van der Waals surface area contributed by atoms with Crippen LogP contribution in [0.1, 0.15) is 0 Å². The lowest BCUT2D eigenvalue weighted by molar-refractivity contribution is -0.390. The molecule has 1 heterocycles. The molecule has 0 amide bonds. The van der Waals surface area contributed by atoms with Gasteiger partial charge < -0.3 is 0 Å². The predicted octanol–water partition coefficient (Wildman–Crippen LogP) is 0.909. The van der Waals surface area contributed by atoms with Crippen molar-refractivity contribution >= 4 is 15.7 Å². The van der Waals surface area contributed by atoms with E-state index in [9.17, 15) is 22.9 Å². The lowest BCUT2D eigenvalue weighted by atomic mass is 10.3. The molecule has 0 bridgehead atoms. The predicted molar refractivity (Wildman–Crippen MR) is 70.5 cm³/mol. The molecule has 0 saturated carbocycles. The molecule has 1 aromatic carbocycles. The number of rotatable bonds is 6. The van der Waals surface area contributed by atoms with Gasteiger partial charge in [-0.05, 0) is 18.2 Å². The van der Waals surface area contributed by atoms with Gasteiger partial charge in [-0.25, -0.2) is 13.1 Å². The average molecular weight is 314 g/mol. The molecule has 1 aromatic heterocycles. The van der Waals surface area contributed by atoms with Crippen molar-refractivity contribution in [1.29, 1.82) is 0 Å². The second kappa shape index (κ2) is 5.97. The lowest BCUT2D eigenvalue weighted by Gasteiger charge is -2.07. The fraction of sp³-hybridized carbons (Fsp3) is 0.182. The van der Waals surface area contributed by atoms with Crippen LogP contribution in [0.2, 0.25) is 0 Å². The molecule has 112 valence electrons. The van der Waals surface area contributed by atoms with Crippen molar-refractivity contribution in [3.05, 3.63) is 52.6 Å². The highest BCUT2D eigenvalue weighted by Crippen LogP contribution is 2.26. The standard InChI is InChI=1S/C11H11FN4O4S/c12-9-3-1-4-10(11(9)16(17)18)21(19,20)14-6-8-15-7-2-5-13-15/h1-5,7,14H,6,8H2. The van der Waals surface area contributed by atoms with Gasteiger partial charge in [0.05, 0.1) is 11.5 Å². The molecule has 0 saturated heterocycles. The van der Waals surface area contributed by atoms with E-state index in [1.54, 1.807) is 12.3 Å². The zero-order valence-corrected chi connectivity index (χ0v) is 11.5. The van der Waals surface area contributed by atoms with E-state index in [2.05, 4.69) is 9.82 Å². The number of hydrogen-bond acceptors (Lipinski definition) is 5. The van der Waals surface area contributed by atoms with Crippen molar-refractivity contribution in [2.45, 2.75) is 11.4 Å². The van der Waals surface area contributed by atoms with Crippen LogP contribution in [0.15, 0.2) is 41.6 Å². The van der Waals surface area contributed by atoms with Gasteiger partial charge in [0.2, 0.25) is 15.8 Å². The van der Waals surface area contributed by atoms with Crippen molar-refractivity contribution in [2.75, 3.05) is 6.54 Å². The maximum Gasteiger partial charge on any atom is 0.324 e. The van der Waals surface area contributed by atoms with Crippen LogP contribution in [0, 0.1) is 15.9 Å². The number of halogens is 1. The maximum atomic E-state index is 13.4. The van der Waals surface area contributed by atoms with Crippen LogP contribution in [0.4, 0.5) is 10.1 Å². The van der Waals surface area contributed by atoms with E-state index >= 15 is 0 Å². The zero-order chi connectivity index (χ0) is 15.5. The summed E-state index contributed by atoms with van der Waals surface area (Å²) in [5.41, 5.74) is -1.07. The Labute approximate surface area is 119 Å². The molecule has 8 nitrogen and oxygen atoms in total. The first-order valence-corrected chi connectivity index (χ1v) is 7.30. The Balaban J connectivity index is 2.20. The Bertz CT molecular complexity index is 746. The van der Waals surface area contributed by atoms with Crippen LogP contribution < -0.4 is 4.72 Å². The van der Waals surface area contributed by atoms with Crippen LogP contribution in [-0.2, 0) is 16.6 Å². The summed E-state index contributed by atoms with van der Waals surface area (Å²) in [6, 6.07) is 4.59. The van der Waals surface area contributed by atoms with Gasteiger partial charge in [0.25, 0.3) is 0 Å². The molecule has 2 aromatic rings. The molecule has 0 radical (unpaired) electrons. The number of benzene rings is 1. The van der Waals surface area contributed by atoms with E-state index in [-0.39, 0.29) is 13.1 Å². The first-order valence-electron chi connectivity index (χ1n) is 5.82. The molecule has 0 aliphatic heterocycles. The van der Waals surface area contributed by atoms with Gasteiger partial charge in [-0.3, -0.25) is 14.8 Å². The van der Waals surface area contributed by atoms with E-state index in [1.807, 2.05) is 0 Å². The van der Waals surface area contributed by atoms with E-state index in [4.69, 9.17) is 0 Å². The number of aromatic nitrogens is 2. The third kappa shape index (κ3) is 3.41. The lowest BCUT2D eigenvalue weighted by Crippen LogP contribution is -2.28. The molecule has 0 unspecified atom stereocenters. The number of hydrogen-bond donors (Lipinski definition) is 1. The highest BCUT2D eigenvalue weighted by Gasteiger charge is 2.28. The van der Waals surface area contributed by atoms with Gasteiger partial charge in [0.1, 0.15) is 0 Å². The topological polar surface area (TPSA) is 107 Å². The molecule has 21 heavy (non-hydrogen) atoms. The average Bonchev–Trinajstić information content (AvgIpc) is 2.91. The van der Waals surface area contributed by atoms with Gasteiger partial charge in [-0.1, -0.05) is 6.07 Å². The molecule has 0 aliphatic rings. The third-order valence-corrected chi connectivity index (χ3v) is 4.11. The minimum atomic E-state index is -4.18. The molecular formula is C11H11FN4O4S. The summed E-state index contributed by atoms with van der Waals surface area (Å²) < 4.78 is 41.1. The van der Waals surface area contributed by atoms with Gasteiger partial charge in [0, 0.05) is 18.9 Å². The second-order valence-electron chi connectivity index (χ2n) is 4.01. The third-order valence-electron chi connectivity index (χ3n) is 2.61. The van der Waals surface area contributed by atoms with E-state index in [1.165, 1.54) is 10.9 Å². The molecule has 0 atom stereocenters. The molecule has 10 heteroatoms. The number of nitro benzene ring substituents is 1. The van der Waals surface area contributed by atoms with Crippen LogP contribution in [-0.4, -0.2) is 29.7 Å². The summed E-state index contributed by atoms with van der Waals surface area (Å²) in [6.07, 6.45) is 3.17. The zero-order valence-electron chi connectivity index (χ0n) is 10.6. The first kappa shape index (κ1) is 15.1. The highest BCUT2D eigenvalue weighted by molar-refractivity contribution is 7.89. The Morgan fingerprint density at radius 2 is 2.14 bits per heavy atom. The number of nitrogens with zero attached hydrogens (tertiary/aromatic N) is 3. The smallest absolute Gasteiger partial charge is 0.271 e. The van der Waals surface area contributed by atoms with E-state index in [0.717, 1.165) is 18.2 Å². The summed E-state index contributed by atoms with van der Waals surface area (Å²) in [4.78, 5) is 9.05. The van der Waals surface area contributed by atoms with Gasteiger partial charge in [0.15, 0.2) is 4.90 Å². The quantitative estimate of drug-likeness (QED) is 0.630. The normalized spacial score (nSPS) is 11.5. The second-order valence-corrected chi connectivity index (χ2v) is 5.75. The SMILES string of the molecule is O=[N+]([O-])c1c(F)cccc1S(=O)(=O)NCCn1cccn1. The summed E-state index contributed by atoms with van der Waals surface area (Å²) >= 11 is 0. The molecule has 1 N–H and O–H groups in total. The minimum absolute atomic E-state index is 0.0301. The molecule has 0 fully saturated rings. The number of sulfonamides is 1. The fourth-order valence-corrected chi connectivity index (χ4v) is 2.89.